The van der Waals surface area contributed by atoms with Crippen LogP contribution >= 0.6 is 11.3 Å². The lowest BCUT2D eigenvalue weighted by atomic mass is 10.3. The Balaban J connectivity index is 2.38. The first-order valence-electron chi connectivity index (χ1n) is 6.56. The van der Waals surface area contributed by atoms with Crippen molar-refractivity contribution in [1.82, 2.24) is 4.90 Å². The molecule has 0 aromatic carbocycles. The van der Waals surface area contributed by atoms with Crippen LogP contribution in [0.4, 0.5) is 5.00 Å². The number of hydrogen-bond acceptors (Lipinski definition) is 3. The van der Waals surface area contributed by atoms with E-state index in [1.165, 1.54) is 22.8 Å². The molecule has 1 aromatic heterocycles. The average Bonchev–Trinajstić information content (AvgIpc) is 2.70. The average molecular weight is 254 g/mol. The molecule has 0 bridgehead atoms. The Hall–Kier alpha value is -0.540. The van der Waals surface area contributed by atoms with Gasteiger partial charge in [0.25, 0.3) is 0 Å². The predicted octanol–water partition coefficient (Wildman–Crippen LogP) is 3.61. The lowest BCUT2D eigenvalue weighted by Crippen LogP contribution is -2.31. The number of thiophene rings is 1. The second kappa shape index (κ2) is 7.02. The van der Waals surface area contributed by atoms with Gasteiger partial charge < -0.3 is 9.80 Å². The zero-order valence-corrected chi connectivity index (χ0v) is 12.7. The molecule has 0 unspecified atom stereocenters. The van der Waals surface area contributed by atoms with Crippen molar-refractivity contribution in [3.8, 4) is 0 Å². The van der Waals surface area contributed by atoms with Gasteiger partial charge in [0.15, 0.2) is 0 Å². The monoisotopic (exact) mass is 254 g/mol. The maximum absolute atomic E-state index is 2.48. The Morgan fingerprint density at radius 3 is 2.41 bits per heavy atom. The van der Waals surface area contributed by atoms with Gasteiger partial charge in [-0.25, -0.2) is 0 Å². The summed E-state index contributed by atoms with van der Waals surface area (Å²) in [5.41, 5.74) is 0. The molecule has 0 N–H and O–H groups in total. The molecule has 0 spiro atoms. The molecule has 0 aliphatic rings. The van der Waals surface area contributed by atoms with E-state index in [4.69, 9.17) is 0 Å². The molecule has 1 rings (SSSR count). The van der Waals surface area contributed by atoms with E-state index in [2.05, 4.69) is 56.7 Å². The Kier molecular flexibility index (Phi) is 6.00. The highest BCUT2D eigenvalue weighted by molar-refractivity contribution is 7.16. The molecule has 1 aromatic rings. The molecular weight excluding hydrogens is 228 g/mol. The molecule has 0 aliphatic heterocycles. The Morgan fingerprint density at radius 1 is 1.24 bits per heavy atom. The van der Waals surface area contributed by atoms with E-state index in [-0.39, 0.29) is 0 Å². The van der Waals surface area contributed by atoms with Gasteiger partial charge in [-0.3, -0.25) is 0 Å². The molecule has 1 heterocycles. The van der Waals surface area contributed by atoms with Crippen LogP contribution in [0, 0.1) is 6.92 Å². The van der Waals surface area contributed by atoms with Crippen LogP contribution in [-0.4, -0.2) is 37.6 Å². The first-order chi connectivity index (χ1) is 8.04. The highest BCUT2D eigenvalue weighted by Crippen LogP contribution is 2.25. The first kappa shape index (κ1) is 14.5. The summed E-state index contributed by atoms with van der Waals surface area (Å²) in [6.45, 7) is 12.4. The van der Waals surface area contributed by atoms with E-state index in [0.717, 1.165) is 13.1 Å². The second-order valence-electron chi connectivity index (χ2n) is 4.89. The standard InChI is InChI=1S/C14H26N2S/c1-6-16(14-9-8-13(4)17-14)11-7-10-15(5)12(2)3/h8-9,12H,6-7,10-11H2,1-5H3. The van der Waals surface area contributed by atoms with Crippen LogP contribution < -0.4 is 4.90 Å². The summed E-state index contributed by atoms with van der Waals surface area (Å²) in [4.78, 5) is 6.29. The lowest BCUT2D eigenvalue weighted by molar-refractivity contribution is 0.271. The van der Waals surface area contributed by atoms with Crippen molar-refractivity contribution >= 4 is 16.3 Å². The third kappa shape index (κ3) is 4.68. The normalized spacial score (nSPS) is 11.5. The van der Waals surface area contributed by atoms with Crippen molar-refractivity contribution in [2.75, 3.05) is 31.6 Å². The topological polar surface area (TPSA) is 6.48 Å². The van der Waals surface area contributed by atoms with Gasteiger partial charge in [-0.15, -0.1) is 11.3 Å². The molecule has 0 aliphatic carbocycles. The van der Waals surface area contributed by atoms with E-state index < -0.39 is 0 Å². The van der Waals surface area contributed by atoms with Gasteiger partial charge in [-0.2, -0.15) is 0 Å². The Labute approximate surface area is 110 Å². The van der Waals surface area contributed by atoms with Crippen LogP contribution in [-0.2, 0) is 0 Å². The summed E-state index contributed by atoms with van der Waals surface area (Å²) in [6.07, 6.45) is 1.24. The van der Waals surface area contributed by atoms with Crippen molar-refractivity contribution in [3.63, 3.8) is 0 Å². The van der Waals surface area contributed by atoms with Crippen molar-refractivity contribution in [3.05, 3.63) is 17.0 Å². The molecule has 0 atom stereocenters. The maximum Gasteiger partial charge on any atom is 0.0911 e. The Bertz CT molecular complexity index is 320. The van der Waals surface area contributed by atoms with Crippen molar-refractivity contribution < 1.29 is 0 Å². The quantitative estimate of drug-likeness (QED) is 0.733. The molecule has 0 saturated heterocycles. The third-order valence-corrected chi connectivity index (χ3v) is 4.30. The molecule has 0 radical (unpaired) electrons. The summed E-state index contributed by atoms with van der Waals surface area (Å²) < 4.78 is 0. The minimum Gasteiger partial charge on any atom is -0.364 e. The smallest absolute Gasteiger partial charge is 0.0911 e. The van der Waals surface area contributed by atoms with Crippen LogP contribution in [0.25, 0.3) is 0 Å². The number of hydrogen-bond donors (Lipinski definition) is 0. The van der Waals surface area contributed by atoms with E-state index in [1.807, 2.05) is 11.3 Å². The fourth-order valence-electron chi connectivity index (χ4n) is 1.78. The van der Waals surface area contributed by atoms with E-state index in [1.54, 1.807) is 0 Å². The summed E-state index contributed by atoms with van der Waals surface area (Å²) in [6, 6.07) is 5.10. The summed E-state index contributed by atoms with van der Waals surface area (Å²) in [5.74, 6) is 0. The molecule has 0 amide bonds. The van der Waals surface area contributed by atoms with Crippen molar-refractivity contribution in [2.45, 2.75) is 40.2 Å². The van der Waals surface area contributed by atoms with E-state index in [0.29, 0.717) is 6.04 Å². The van der Waals surface area contributed by atoms with Crippen LogP contribution in [0.2, 0.25) is 0 Å². The van der Waals surface area contributed by atoms with Gasteiger partial charge in [0.2, 0.25) is 0 Å². The molecule has 0 saturated carbocycles. The van der Waals surface area contributed by atoms with Gasteiger partial charge in [-0.05, 0) is 59.8 Å². The number of nitrogens with zero attached hydrogens (tertiary/aromatic N) is 2. The fraction of sp³-hybridized carbons (Fsp3) is 0.714. The predicted molar refractivity (Wildman–Crippen MR) is 79.3 cm³/mol. The molecule has 0 fully saturated rings. The highest BCUT2D eigenvalue weighted by Gasteiger charge is 2.08. The minimum absolute atomic E-state index is 0.647. The summed E-state index contributed by atoms with van der Waals surface area (Å²) in [5, 5.41) is 1.41. The van der Waals surface area contributed by atoms with Gasteiger partial charge in [-0.1, -0.05) is 0 Å². The van der Waals surface area contributed by atoms with Crippen LogP contribution in [0.3, 0.4) is 0 Å². The zero-order chi connectivity index (χ0) is 12.8. The van der Waals surface area contributed by atoms with E-state index >= 15 is 0 Å². The van der Waals surface area contributed by atoms with Crippen LogP contribution in [0.1, 0.15) is 32.1 Å². The van der Waals surface area contributed by atoms with Crippen LogP contribution in [0.15, 0.2) is 12.1 Å². The fourth-order valence-corrected chi connectivity index (χ4v) is 2.74. The maximum atomic E-state index is 2.48. The molecule has 3 heteroatoms. The molecule has 98 valence electrons. The zero-order valence-electron chi connectivity index (χ0n) is 11.9. The third-order valence-electron chi connectivity index (χ3n) is 3.24. The SMILES string of the molecule is CCN(CCCN(C)C(C)C)c1ccc(C)s1. The highest BCUT2D eigenvalue weighted by atomic mass is 32.1. The van der Waals surface area contributed by atoms with Gasteiger partial charge in [0.05, 0.1) is 5.00 Å². The number of aryl methyl sites for hydroxylation is 1. The summed E-state index contributed by atoms with van der Waals surface area (Å²) >= 11 is 1.90. The lowest BCUT2D eigenvalue weighted by Gasteiger charge is -2.25. The van der Waals surface area contributed by atoms with Crippen molar-refractivity contribution in [2.24, 2.45) is 0 Å². The van der Waals surface area contributed by atoms with Crippen LogP contribution in [0.5, 0.6) is 0 Å². The van der Waals surface area contributed by atoms with Gasteiger partial charge in [0, 0.05) is 24.0 Å². The molecule has 17 heavy (non-hydrogen) atoms. The summed E-state index contributed by atoms with van der Waals surface area (Å²) in [7, 11) is 2.20. The van der Waals surface area contributed by atoms with Gasteiger partial charge in [0.1, 0.15) is 0 Å². The van der Waals surface area contributed by atoms with E-state index in [9.17, 15) is 0 Å². The second-order valence-corrected chi connectivity index (χ2v) is 6.16. The Morgan fingerprint density at radius 2 is 1.94 bits per heavy atom. The molecular formula is C14H26N2S. The first-order valence-corrected chi connectivity index (χ1v) is 7.37. The number of anilines is 1. The van der Waals surface area contributed by atoms with Gasteiger partial charge >= 0.3 is 0 Å². The largest absolute Gasteiger partial charge is 0.364 e. The molecule has 2 nitrogen and oxygen atoms in total. The number of rotatable bonds is 7. The minimum atomic E-state index is 0.647. The van der Waals surface area contributed by atoms with Crippen molar-refractivity contribution in [1.29, 1.82) is 0 Å².